The molecule has 0 atom stereocenters. The molecule has 20 heavy (non-hydrogen) atoms. The van der Waals surface area contributed by atoms with E-state index < -0.39 is 0 Å². The third-order valence-electron chi connectivity index (χ3n) is 2.61. The number of aryl methyl sites for hydroxylation is 1. The Morgan fingerprint density at radius 3 is 2.80 bits per heavy atom. The number of rotatable bonds is 4. The van der Waals surface area contributed by atoms with Crippen LogP contribution in [0.4, 0.5) is 5.69 Å². The Labute approximate surface area is 130 Å². The maximum atomic E-state index is 12.0. The van der Waals surface area contributed by atoms with Crippen molar-refractivity contribution in [1.82, 2.24) is 10.3 Å². The van der Waals surface area contributed by atoms with E-state index in [1.54, 1.807) is 11.3 Å². The van der Waals surface area contributed by atoms with Crippen molar-refractivity contribution in [2.45, 2.75) is 13.3 Å². The molecule has 4 nitrogen and oxygen atoms in total. The number of amides is 1. The highest BCUT2D eigenvalue weighted by Crippen LogP contribution is 2.29. The van der Waals surface area contributed by atoms with E-state index in [9.17, 15) is 4.79 Å². The summed E-state index contributed by atoms with van der Waals surface area (Å²) >= 11 is 13.3. The van der Waals surface area contributed by atoms with Crippen LogP contribution in [-0.2, 0) is 6.42 Å². The van der Waals surface area contributed by atoms with Crippen LogP contribution in [0.1, 0.15) is 21.1 Å². The Kier molecular flexibility index (Phi) is 4.86. The van der Waals surface area contributed by atoms with E-state index in [1.807, 2.05) is 12.3 Å². The first-order chi connectivity index (χ1) is 9.47. The molecule has 0 fully saturated rings. The molecule has 0 aliphatic carbocycles. The minimum Gasteiger partial charge on any atom is -0.397 e. The molecule has 1 amide bonds. The smallest absolute Gasteiger partial charge is 0.251 e. The number of nitrogens with two attached hydrogens (primary N) is 1. The SMILES string of the molecule is Cc1csc(CCNC(=O)c2cc(N)c(Cl)c(Cl)c2)n1. The number of nitrogen functional groups attached to an aromatic ring is 1. The molecule has 0 bridgehead atoms. The summed E-state index contributed by atoms with van der Waals surface area (Å²) in [5.41, 5.74) is 7.36. The molecule has 2 rings (SSSR count). The lowest BCUT2D eigenvalue weighted by molar-refractivity contribution is 0.0954. The number of halogens is 2. The molecule has 1 heterocycles. The second-order valence-corrected chi connectivity index (χ2v) is 5.98. The number of hydrogen-bond acceptors (Lipinski definition) is 4. The maximum absolute atomic E-state index is 12.0. The Bertz CT molecular complexity index is 619. The van der Waals surface area contributed by atoms with E-state index in [0.29, 0.717) is 24.2 Å². The molecule has 1 aromatic carbocycles. The molecule has 0 aliphatic rings. The summed E-state index contributed by atoms with van der Waals surface area (Å²) in [6.07, 6.45) is 0.695. The maximum Gasteiger partial charge on any atom is 0.251 e. The van der Waals surface area contributed by atoms with E-state index in [0.717, 1.165) is 10.7 Å². The van der Waals surface area contributed by atoms with E-state index in [4.69, 9.17) is 28.9 Å². The summed E-state index contributed by atoms with van der Waals surface area (Å²) in [6, 6.07) is 3.01. The second-order valence-electron chi connectivity index (χ2n) is 4.25. The summed E-state index contributed by atoms with van der Waals surface area (Å²) in [4.78, 5) is 16.3. The summed E-state index contributed by atoms with van der Waals surface area (Å²) in [5, 5.41) is 6.32. The van der Waals surface area contributed by atoms with E-state index in [1.165, 1.54) is 12.1 Å². The lowest BCUT2D eigenvalue weighted by Gasteiger charge is -2.07. The monoisotopic (exact) mass is 329 g/mol. The van der Waals surface area contributed by atoms with Crippen LogP contribution in [0.15, 0.2) is 17.5 Å². The van der Waals surface area contributed by atoms with Gasteiger partial charge in [-0.2, -0.15) is 0 Å². The number of carbonyl (C=O) groups excluding carboxylic acids is 1. The molecule has 0 radical (unpaired) electrons. The molecule has 0 aliphatic heterocycles. The Morgan fingerprint density at radius 2 is 2.20 bits per heavy atom. The third-order valence-corrected chi connectivity index (χ3v) is 4.45. The second kappa shape index (κ2) is 6.43. The topological polar surface area (TPSA) is 68.0 Å². The van der Waals surface area contributed by atoms with Gasteiger partial charge in [0.25, 0.3) is 5.91 Å². The molecule has 3 N–H and O–H groups in total. The minimum atomic E-state index is -0.233. The predicted molar refractivity (Wildman–Crippen MR) is 83.8 cm³/mol. The van der Waals surface area contributed by atoms with Gasteiger partial charge in [0.05, 0.1) is 20.7 Å². The van der Waals surface area contributed by atoms with E-state index >= 15 is 0 Å². The van der Waals surface area contributed by atoms with Crippen molar-refractivity contribution in [1.29, 1.82) is 0 Å². The molecule has 2 aromatic rings. The largest absolute Gasteiger partial charge is 0.397 e. The van der Waals surface area contributed by atoms with Gasteiger partial charge in [0.15, 0.2) is 0 Å². The van der Waals surface area contributed by atoms with Gasteiger partial charge in [-0.15, -0.1) is 11.3 Å². The van der Waals surface area contributed by atoms with Crippen LogP contribution in [0, 0.1) is 6.92 Å². The first-order valence-corrected chi connectivity index (χ1v) is 7.54. The van der Waals surface area contributed by atoms with Crippen LogP contribution in [0.5, 0.6) is 0 Å². The Hall–Kier alpha value is -1.30. The van der Waals surface area contributed by atoms with Crippen LogP contribution in [-0.4, -0.2) is 17.4 Å². The van der Waals surface area contributed by atoms with Crippen molar-refractivity contribution in [3.63, 3.8) is 0 Å². The fourth-order valence-electron chi connectivity index (χ4n) is 1.64. The van der Waals surface area contributed by atoms with Gasteiger partial charge in [0.1, 0.15) is 0 Å². The van der Waals surface area contributed by atoms with Crippen LogP contribution >= 0.6 is 34.5 Å². The van der Waals surface area contributed by atoms with Crippen molar-refractivity contribution in [3.05, 3.63) is 43.8 Å². The van der Waals surface area contributed by atoms with Gasteiger partial charge in [-0.1, -0.05) is 23.2 Å². The highest BCUT2D eigenvalue weighted by molar-refractivity contribution is 7.09. The number of benzene rings is 1. The van der Waals surface area contributed by atoms with Crippen molar-refractivity contribution >= 4 is 46.1 Å². The molecule has 7 heteroatoms. The highest BCUT2D eigenvalue weighted by Gasteiger charge is 2.11. The zero-order valence-electron chi connectivity index (χ0n) is 10.7. The molecule has 1 aromatic heterocycles. The summed E-state index contributed by atoms with van der Waals surface area (Å²) in [6.45, 7) is 2.45. The molecule has 0 spiro atoms. The summed E-state index contributed by atoms with van der Waals surface area (Å²) < 4.78 is 0. The van der Waals surface area contributed by atoms with Crippen molar-refractivity contribution in [2.75, 3.05) is 12.3 Å². The fourth-order valence-corrected chi connectivity index (χ4v) is 2.76. The minimum absolute atomic E-state index is 0.233. The molecular formula is C13H13Cl2N3OS. The van der Waals surface area contributed by atoms with Gasteiger partial charge in [-0.3, -0.25) is 4.79 Å². The first kappa shape index (κ1) is 15.1. The Balaban J connectivity index is 1.95. The average molecular weight is 330 g/mol. The average Bonchev–Trinajstić information content (AvgIpc) is 2.81. The Morgan fingerprint density at radius 1 is 1.45 bits per heavy atom. The van der Waals surface area contributed by atoms with Crippen molar-refractivity contribution in [3.8, 4) is 0 Å². The first-order valence-electron chi connectivity index (χ1n) is 5.91. The van der Waals surface area contributed by atoms with Crippen LogP contribution < -0.4 is 11.1 Å². The van der Waals surface area contributed by atoms with Gasteiger partial charge in [-0.05, 0) is 19.1 Å². The summed E-state index contributed by atoms with van der Waals surface area (Å²) in [7, 11) is 0. The molecule has 0 saturated carbocycles. The zero-order chi connectivity index (χ0) is 14.7. The number of nitrogens with one attached hydrogen (secondary N) is 1. The van der Waals surface area contributed by atoms with Crippen LogP contribution in [0.25, 0.3) is 0 Å². The van der Waals surface area contributed by atoms with Gasteiger partial charge >= 0.3 is 0 Å². The lowest BCUT2D eigenvalue weighted by Crippen LogP contribution is -2.25. The van der Waals surface area contributed by atoms with Crippen molar-refractivity contribution < 1.29 is 4.79 Å². The number of thiazole rings is 1. The standard InChI is InChI=1S/C13H13Cl2N3OS/c1-7-6-20-11(18-7)2-3-17-13(19)8-4-9(14)12(15)10(16)5-8/h4-6H,2-3,16H2,1H3,(H,17,19). The number of aromatic nitrogens is 1. The third kappa shape index (κ3) is 3.62. The van der Waals surface area contributed by atoms with Crippen LogP contribution in [0.3, 0.4) is 0 Å². The van der Waals surface area contributed by atoms with Gasteiger partial charge in [0.2, 0.25) is 0 Å². The predicted octanol–water partition coefficient (Wildman–Crippen LogP) is 3.31. The highest BCUT2D eigenvalue weighted by atomic mass is 35.5. The quantitative estimate of drug-likeness (QED) is 0.845. The van der Waals surface area contributed by atoms with Crippen molar-refractivity contribution in [2.24, 2.45) is 0 Å². The fraction of sp³-hybridized carbons (Fsp3) is 0.231. The number of nitrogens with zero attached hydrogens (tertiary/aromatic N) is 1. The van der Waals surface area contributed by atoms with Crippen LogP contribution in [0.2, 0.25) is 10.0 Å². The number of hydrogen-bond donors (Lipinski definition) is 2. The zero-order valence-corrected chi connectivity index (χ0v) is 13.1. The van der Waals surface area contributed by atoms with Gasteiger partial charge in [-0.25, -0.2) is 4.98 Å². The van der Waals surface area contributed by atoms with E-state index in [-0.39, 0.29) is 16.0 Å². The van der Waals surface area contributed by atoms with Gasteiger partial charge < -0.3 is 11.1 Å². The normalized spacial score (nSPS) is 10.6. The molecule has 0 saturated heterocycles. The van der Waals surface area contributed by atoms with E-state index in [2.05, 4.69) is 10.3 Å². The lowest BCUT2D eigenvalue weighted by atomic mass is 10.2. The number of carbonyl (C=O) groups is 1. The molecule has 106 valence electrons. The molecular weight excluding hydrogens is 317 g/mol. The summed E-state index contributed by atoms with van der Waals surface area (Å²) in [5.74, 6) is -0.233. The number of anilines is 1. The van der Waals surface area contributed by atoms with Gasteiger partial charge in [0, 0.05) is 29.6 Å². The molecule has 0 unspecified atom stereocenters.